The van der Waals surface area contributed by atoms with Crippen molar-refractivity contribution < 1.29 is 0 Å². The molecule has 1 aliphatic heterocycles. The lowest BCUT2D eigenvalue weighted by atomic mass is 10.1. The summed E-state index contributed by atoms with van der Waals surface area (Å²) < 4.78 is 2.20. The topological polar surface area (TPSA) is 21.1 Å². The van der Waals surface area contributed by atoms with Crippen LogP contribution in [0.1, 0.15) is 12.8 Å². The van der Waals surface area contributed by atoms with E-state index in [-0.39, 0.29) is 0 Å². The van der Waals surface area contributed by atoms with E-state index in [1.54, 1.807) is 0 Å². The van der Waals surface area contributed by atoms with Gasteiger partial charge in [0.25, 0.3) is 0 Å². The maximum Gasteiger partial charge on any atom is 0.140 e. The predicted molar refractivity (Wildman–Crippen MR) is 105 cm³/mol. The first-order valence-corrected chi connectivity index (χ1v) is 9.01. The third kappa shape index (κ3) is 2.30. The van der Waals surface area contributed by atoms with E-state index in [0.29, 0.717) is 0 Å². The molecule has 2 heterocycles. The zero-order valence-corrected chi connectivity index (χ0v) is 14.4. The van der Waals surface area contributed by atoms with Gasteiger partial charge in [-0.05, 0) is 48.6 Å². The Balaban J connectivity index is 1.62. The third-order valence-corrected chi connectivity index (χ3v) is 5.37. The van der Waals surface area contributed by atoms with Crippen molar-refractivity contribution >= 4 is 27.5 Å². The lowest BCUT2D eigenvalue weighted by Crippen LogP contribution is -2.17. The molecule has 124 valence electrons. The minimum Gasteiger partial charge on any atom is -0.372 e. The molecule has 0 bridgehead atoms. The van der Waals surface area contributed by atoms with Crippen LogP contribution in [0.5, 0.6) is 0 Å². The second-order valence-electron chi connectivity index (χ2n) is 6.89. The van der Waals surface area contributed by atoms with Gasteiger partial charge in [0.15, 0.2) is 0 Å². The van der Waals surface area contributed by atoms with E-state index in [0.717, 1.165) is 11.3 Å². The predicted octanol–water partition coefficient (Wildman–Crippen LogP) is 4.99. The van der Waals surface area contributed by atoms with Gasteiger partial charge in [-0.2, -0.15) is 0 Å². The van der Waals surface area contributed by atoms with Crippen molar-refractivity contribution in [2.75, 3.05) is 18.0 Å². The first kappa shape index (κ1) is 14.5. The van der Waals surface area contributed by atoms with Crippen molar-refractivity contribution in [3.63, 3.8) is 0 Å². The number of aromatic nitrogens is 2. The minimum atomic E-state index is 1.03. The molecule has 3 nitrogen and oxygen atoms in total. The van der Waals surface area contributed by atoms with E-state index in [9.17, 15) is 0 Å². The third-order valence-electron chi connectivity index (χ3n) is 5.37. The molecule has 0 saturated carbocycles. The molecule has 3 heteroatoms. The summed E-state index contributed by atoms with van der Waals surface area (Å²) in [5.41, 5.74) is 4.76. The molecule has 1 aliphatic rings. The van der Waals surface area contributed by atoms with Crippen molar-refractivity contribution in [2.45, 2.75) is 12.8 Å². The van der Waals surface area contributed by atoms with Gasteiger partial charge in [-0.15, -0.1) is 0 Å². The molecule has 1 fully saturated rings. The van der Waals surface area contributed by atoms with Crippen molar-refractivity contribution in [1.29, 1.82) is 0 Å². The largest absolute Gasteiger partial charge is 0.372 e. The molecule has 25 heavy (non-hydrogen) atoms. The molecule has 3 aromatic carbocycles. The lowest BCUT2D eigenvalue weighted by Gasteiger charge is -2.17. The number of aryl methyl sites for hydroxylation is 1. The van der Waals surface area contributed by atoms with Crippen LogP contribution in [0.2, 0.25) is 0 Å². The average molecular weight is 327 g/mol. The molecule has 0 amide bonds. The number of hydrogen-bond donors (Lipinski definition) is 0. The fourth-order valence-electron chi connectivity index (χ4n) is 3.98. The molecular weight excluding hydrogens is 306 g/mol. The Kier molecular flexibility index (Phi) is 3.27. The summed E-state index contributed by atoms with van der Waals surface area (Å²) in [6.07, 6.45) is 2.61. The first-order valence-electron chi connectivity index (χ1n) is 9.01. The molecule has 0 unspecified atom stereocenters. The normalized spacial score (nSPS) is 14.7. The molecule has 5 rings (SSSR count). The van der Waals surface area contributed by atoms with Crippen molar-refractivity contribution in [3.8, 4) is 11.4 Å². The van der Waals surface area contributed by atoms with Gasteiger partial charge in [0.1, 0.15) is 5.82 Å². The van der Waals surface area contributed by atoms with Gasteiger partial charge in [0.05, 0.1) is 11.0 Å². The van der Waals surface area contributed by atoms with Gasteiger partial charge < -0.3 is 9.47 Å². The van der Waals surface area contributed by atoms with E-state index < -0.39 is 0 Å². The molecular formula is C22H21N3. The van der Waals surface area contributed by atoms with Crippen LogP contribution in [-0.4, -0.2) is 22.6 Å². The highest BCUT2D eigenvalue weighted by Gasteiger charge is 2.14. The van der Waals surface area contributed by atoms with Crippen LogP contribution in [0.25, 0.3) is 33.2 Å². The Morgan fingerprint density at radius 1 is 0.840 bits per heavy atom. The fraction of sp³-hybridized carbons (Fsp3) is 0.227. The van der Waals surface area contributed by atoms with E-state index >= 15 is 0 Å². The van der Waals surface area contributed by atoms with Gasteiger partial charge in [-0.25, -0.2) is 4.98 Å². The zero-order valence-electron chi connectivity index (χ0n) is 14.4. The van der Waals surface area contributed by atoms with Crippen molar-refractivity contribution in [1.82, 2.24) is 9.55 Å². The van der Waals surface area contributed by atoms with Crippen LogP contribution in [0.15, 0.2) is 60.7 Å². The van der Waals surface area contributed by atoms with E-state index in [1.807, 2.05) is 0 Å². The molecule has 0 N–H and O–H groups in total. The van der Waals surface area contributed by atoms with Gasteiger partial charge in [-0.3, -0.25) is 0 Å². The van der Waals surface area contributed by atoms with Crippen LogP contribution >= 0.6 is 0 Å². The molecule has 0 radical (unpaired) electrons. The van der Waals surface area contributed by atoms with Crippen molar-refractivity contribution in [2.24, 2.45) is 7.05 Å². The van der Waals surface area contributed by atoms with Crippen LogP contribution in [0, 0.1) is 0 Å². The Morgan fingerprint density at radius 3 is 2.40 bits per heavy atom. The number of fused-ring (bicyclic) bond motifs is 3. The Morgan fingerprint density at radius 2 is 1.60 bits per heavy atom. The minimum absolute atomic E-state index is 1.03. The smallest absolute Gasteiger partial charge is 0.140 e. The summed E-state index contributed by atoms with van der Waals surface area (Å²) in [6.45, 7) is 2.36. The number of hydrogen-bond acceptors (Lipinski definition) is 2. The standard InChI is InChI=1S/C22H21N3/c1-24-20-13-10-16-6-2-3-7-19(16)21(20)23-22(24)17-8-11-18(12-9-17)25-14-4-5-15-25/h2-3,6-13H,4-5,14-15H2,1H3. The van der Waals surface area contributed by atoms with Gasteiger partial charge in [-0.1, -0.05) is 30.3 Å². The number of anilines is 1. The maximum atomic E-state index is 4.99. The highest BCUT2D eigenvalue weighted by Crippen LogP contribution is 2.30. The summed E-state index contributed by atoms with van der Waals surface area (Å²) in [4.78, 5) is 7.45. The van der Waals surface area contributed by atoms with E-state index in [1.165, 1.54) is 53.5 Å². The van der Waals surface area contributed by atoms with Crippen molar-refractivity contribution in [3.05, 3.63) is 60.7 Å². The summed E-state index contributed by atoms with van der Waals surface area (Å²) in [5, 5.41) is 2.46. The number of benzene rings is 3. The summed E-state index contributed by atoms with van der Waals surface area (Å²) in [7, 11) is 2.10. The highest BCUT2D eigenvalue weighted by molar-refractivity contribution is 6.05. The molecule has 0 spiro atoms. The summed E-state index contributed by atoms with van der Waals surface area (Å²) >= 11 is 0. The molecule has 1 aromatic heterocycles. The second-order valence-corrected chi connectivity index (χ2v) is 6.89. The Bertz CT molecular complexity index is 1050. The number of nitrogens with zero attached hydrogens (tertiary/aromatic N) is 3. The fourth-order valence-corrected chi connectivity index (χ4v) is 3.98. The SMILES string of the molecule is Cn1c(-c2ccc(N3CCCC3)cc2)nc2c3ccccc3ccc21. The second kappa shape index (κ2) is 5.62. The maximum absolute atomic E-state index is 4.99. The van der Waals surface area contributed by atoms with Crippen LogP contribution in [-0.2, 0) is 7.05 Å². The molecule has 1 saturated heterocycles. The average Bonchev–Trinajstić information content (AvgIpc) is 3.31. The highest BCUT2D eigenvalue weighted by atomic mass is 15.1. The van der Waals surface area contributed by atoms with Crippen LogP contribution in [0.4, 0.5) is 5.69 Å². The number of rotatable bonds is 2. The quantitative estimate of drug-likeness (QED) is 0.517. The van der Waals surface area contributed by atoms with E-state index in [2.05, 4.69) is 77.2 Å². The van der Waals surface area contributed by atoms with E-state index in [4.69, 9.17) is 4.98 Å². The molecule has 0 aliphatic carbocycles. The summed E-state index contributed by atoms with van der Waals surface area (Å²) in [6, 6.07) is 21.7. The van der Waals surface area contributed by atoms with Gasteiger partial charge in [0, 0.05) is 36.8 Å². The lowest BCUT2D eigenvalue weighted by molar-refractivity contribution is 0.949. The van der Waals surface area contributed by atoms with Gasteiger partial charge >= 0.3 is 0 Å². The number of imidazole rings is 1. The first-order chi connectivity index (χ1) is 12.3. The Hall–Kier alpha value is -2.81. The molecule has 0 atom stereocenters. The Labute approximate surface area is 147 Å². The summed E-state index contributed by atoms with van der Waals surface area (Å²) in [5.74, 6) is 1.03. The van der Waals surface area contributed by atoms with Crippen LogP contribution < -0.4 is 4.90 Å². The molecule has 4 aromatic rings. The monoisotopic (exact) mass is 327 g/mol. The van der Waals surface area contributed by atoms with Gasteiger partial charge in [0.2, 0.25) is 0 Å². The zero-order chi connectivity index (χ0) is 16.8. The van der Waals surface area contributed by atoms with Crippen LogP contribution in [0.3, 0.4) is 0 Å².